The van der Waals surface area contributed by atoms with E-state index in [-0.39, 0.29) is 5.69 Å². The number of hydrogen-bond donors (Lipinski definition) is 3. The van der Waals surface area contributed by atoms with E-state index in [0.29, 0.717) is 22.8 Å². The predicted octanol–water partition coefficient (Wildman–Crippen LogP) is 2.75. The molecule has 1 unspecified atom stereocenters. The van der Waals surface area contributed by atoms with Gasteiger partial charge in [0.05, 0.1) is 11.2 Å². The summed E-state index contributed by atoms with van der Waals surface area (Å²) in [6.45, 7) is 3.59. The first-order chi connectivity index (χ1) is 11.3. The van der Waals surface area contributed by atoms with E-state index < -0.39 is 17.4 Å². The van der Waals surface area contributed by atoms with Gasteiger partial charge in [-0.15, -0.1) is 0 Å². The van der Waals surface area contributed by atoms with Gasteiger partial charge in [-0.25, -0.2) is 19.2 Å². The molecule has 1 amide bonds. The number of benzene rings is 1. The van der Waals surface area contributed by atoms with Gasteiger partial charge in [0.1, 0.15) is 16.6 Å². The van der Waals surface area contributed by atoms with Crippen molar-refractivity contribution in [3.05, 3.63) is 52.9 Å². The molecule has 1 aliphatic rings. The monoisotopic (exact) mass is 346 g/mol. The largest absolute Gasteiger partial charge is 0.465 e. The number of nitrogens with one attached hydrogen (secondary N) is 2. The van der Waals surface area contributed by atoms with Crippen LogP contribution in [0.4, 0.5) is 14.9 Å². The van der Waals surface area contributed by atoms with Gasteiger partial charge in [0, 0.05) is 29.4 Å². The molecule has 1 atom stereocenters. The SMILES string of the molecule is Cc1ncc2c(n1)CC(C)(c1cc(NC(=O)O)ccc1F)NC2=S. The van der Waals surface area contributed by atoms with Crippen molar-refractivity contribution < 1.29 is 14.3 Å². The van der Waals surface area contributed by atoms with E-state index in [0.717, 1.165) is 11.3 Å². The van der Waals surface area contributed by atoms with Crippen molar-refractivity contribution >= 4 is 29.0 Å². The molecule has 1 aromatic carbocycles. The van der Waals surface area contributed by atoms with E-state index >= 15 is 0 Å². The Balaban J connectivity index is 2.06. The number of aryl methyl sites for hydroxylation is 1. The summed E-state index contributed by atoms with van der Waals surface area (Å²) < 4.78 is 14.4. The van der Waals surface area contributed by atoms with Crippen LogP contribution in [-0.4, -0.2) is 26.2 Å². The van der Waals surface area contributed by atoms with Gasteiger partial charge < -0.3 is 10.4 Å². The van der Waals surface area contributed by atoms with Gasteiger partial charge in [-0.3, -0.25) is 5.32 Å². The summed E-state index contributed by atoms with van der Waals surface area (Å²) in [6, 6.07) is 4.08. The van der Waals surface area contributed by atoms with Crippen molar-refractivity contribution in [1.29, 1.82) is 0 Å². The van der Waals surface area contributed by atoms with Crippen LogP contribution in [0.2, 0.25) is 0 Å². The molecule has 0 spiro atoms. The Labute approximate surface area is 143 Å². The topological polar surface area (TPSA) is 87.1 Å². The number of anilines is 1. The lowest BCUT2D eigenvalue weighted by molar-refractivity contribution is 0.209. The molecule has 0 fully saturated rings. The van der Waals surface area contributed by atoms with Crippen molar-refractivity contribution in [3.8, 4) is 0 Å². The molecular formula is C16H15FN4O2S. The maximum Gasteiger partial charge on any atom is 0.409 e. The molecule has 1 aliphatic heterocycles. The third-order valence-electron chi connectivity index (χ3n) is 3.96. The number of fused-ring (bicyclic) bond motifs is 1. The van der Waals surface area contributed by atoms with Crippen molar-refractivity contribution in [3.63, 3.8) is 0 Å². The third-order valence-corrected chi connectivity index (χ3v) is 4.28. The number of rotatable bonds is 2. The molecule has 0 saturated heterocycles. The van der Waals surface area contributed by atoms with E-state index in [2.05, 4.69) is 20.6 Å². The average molecular weight is 346 g/mol. The van der Waals surface area contributed by atoms with E-state index in [9.17, 15) is 9.18 Å². The summed E-state index contributed by atoms with van der Waals surface area (Å²) in [5.41, 5.74) is 1.24. The molecule has 0 aliphatic carbocycles. The highest BCUT2D eigenvalue weighted by molar-refractivity contribution is 7.80. The summed E-state index contributed by atoms with van der Waals surface area (Å²) >= 11 is 5.38. The van der Waals surface area contributed by atoms with Crippen molar-refractivity contribution in [2.24, 2.45) is 0 Å². The zero-order valence-corrected chi connectivity index (χ0v) is 13.9. The second-order valence-electron chi connectivity index (χ2n) is 5.87. The molecule has 1 aromatic heterocycles. The number of amides is 1. The molecule has 3 N–H and O–H groups in total. The number of carbonyl (C=O) groups is 1. The smallest absolute Gasteiger partial charge is 0.409 e. The molecular weight excluding hydrogens is 331 g/mol. The molecule has 0 radical (unpaired) electrons. The number of hydrogen-bond acceptors (Lipinski definition) is 4. The molecule has 6 nitrogen and oxygen atoms in total. The Bertz CT molecular complexity index is 858. The van der Waals surface area contributed by atoms with Crippen LogP contribution < -0.4 is 10.6 Å². The summed E-state index contributed by atoms with van der Waals surface area (Å²) in [7, 11) is 0. The number of nitrogens with zero attached hydrogens (tertiary/aromatic N) is 2. The number of aromatic nitrogens is 2. The van der Waals surface area contributed by atoms with Gasteiger partial charge in [-0.05, 0) is 32.0 Å². The number of halogens is 1. The van der Waals surface area contributed by atoms with Gasteiger partial charge in [0.2, 0.25) is 0 Å². The summed E-state index contributed by atoms with van der Waals surface area (Å²) in [5.74, 6) is 0.167. The highest BCUT2D eigenvalue weighted by Crippen LogP contribution is 2.33. The Hall–Kier alpha value is -2.61. The zero-order valence-electron chi connectivity index (χ0n) is 13.1. The molecule has 8 heteroatoms. The lowest BCUT2D eigenvalue weighted by Gasteiger charge is -2.37. The quantitative estimate of drug-likeness (QED) is 0.725. The van der Waals surface area contributed by atoms with Crippen LogP contribution in [0.3, 0.4) is 0 Å². The highest BCUT2D eigenvalue weighted by atomic mass is 32.1. The fraction of sp³-hybridized carbons (Fsp3) is 0.250. The van der Waals surface area contributed by atoms with Crippen molar-refractivity contribution in [2.45, 2.75) is 25.8 Å². The second-order valence-corrected chi connectivity index (χ2v) is 6.27. The average Bonchev–Trinajstić information content (AvgIpc) is 2.48. The minimum atomic E-state index is -1.21. The van der Waals surface area contributed by atoms with Crippen LogP contribution in [0.25, 0.3) is 0 Å². The van der Waals surface area contributed by atoms with Crippen LogP contribution in [-0.2, 0) is 12.0 Å². The second kappa shape index (κ2) is 5.79. The summed E-state index contributed by atoms with van der Waals surface area (Å²) in [4.78, 5) is 19.8. The Morgan fingerprint density at radius 2 is 2.25 bits per heavy atom. The molecule has 24 heavy (non-hydrogen) atoms. The normalized spacial score (nSPS) is 19.4. The Kier molecular flexibility index (Phi) is 3.92. The minimum absolute atomic E-state index is 0.289. The standard InChI is InChI=1S/C16H15FN4O2S/c1-8-18-7-10-13(19-8)6-16(2,21-14(10)24)11-5-9(20-15(22)23)3-4-12(11)17/h3-5,7,20H,6H2,1-2H3,(H,21,24)(H,22,23). The maximum absolute atomic E-state index is 14.4. The lowest BCUT2D eigenvalue weighted by Crippen LogP contribution is -2.49. The van der Waals surface area contributed by atoms with E-state index in [1.807, 2.05) is 6.92 Å². The summed E-state index contributed by atoms with van der Waals surface area (Å²) in [5, 5.41) is 14.2. The van der Waals surface area contributed by atoms with Crippen LogP contribution in [0.5, 0.6) is 0 Å². The summed E-state index contributed by atoms with van der Waals surface area (Å²) in [6.07, 6.45) is 0.850. The maximum atomic E-state index is 14.4. The molecule has 2 heterocycles. The van der Waals surface area contributed by atoms with Crippen LogP contribution in [0, 0.1) is 12.7 Å². The van der Waals surface area contributed by atoms with Crippen LogP contribution >= 0.6 is 12.2 Å². The van der Waals surface area contributed by atoms with E-state index in [4.69, 9.17) is 17.3 Å². The van der Waals surface area contributed by atoms with Gasteiger partial charge in [0.15, 0.2) is 0 Å². The Morgan fingerprint density at radius 3 is 2.96 bits per heavy atom. The predicted molar refractivity (Wildman–Crippen MR) is 90.7 cm³/mol. The number of carboxylic acid groups (broad SMARTS) is 1. The van der Waals surface area contributed by atoms with E-state index in [1.54, 1.807) is 13.1 Å². The van der Waals surface area contributed by atoms with Gasteiger partial charge in [0.25, 0.3) is 0 Å². The van der Waals surface area contributed by atoms with Crippen molar-refractivity contribution in [1.82, 2.24) is 15.3 Å². The third kappa shape index (κ3) is 2.92. The minimum Gasteiger partial charge on any atom is -0.465 e. The number of thiocarbonyl (C=S) groups is 1. The van der Waals surface area contributed by atoms with Gasteiger partial charge >= 0.3 is 6.09 Å². The Morgan fingerprint density at radius 1 is 1.50 bits per heavy atom. The fourth-order valence-corrected chi connectivity index (χ4v) is 3.25. The first-order valence-electron chi connectivity index (χ1n) is 7.23. The first-order valence-corrected chi connectivity index (χ1v) is 7.64. The van der Waals surface area contributed by atoms with Gasteiger partial charge in [-0.2, -0.15) is 0 Å². The fourth-order valence-electron chi connectivity index (χ4n) is 2.85. The van der Waals surface area contributed by atoms with Gasteiger partial charge in [-0.1, -0.05) is 12.2 Å². The van der Waals surface area contributed by atoms with E-state index in [1.165, 1.54) is 18.2 Å². The zero-order chi connectivity index (χ0) is 17.5. The highest BCUT2D eigenvalue weighted by Gasteiger charge is 2.37. The van der Waals surface area contributed by atoms with Crippen molar-refractivity contribution in [2.75, 3.05) is 5.32 Å². The molecule has 2 aromatic rings. The molecule has 0 saturated carbocycles. The lowest BCUT2D eigenvalue weighted by atomic mass is 9.82. The van der Waals surface area contributed by atoms with Crippen LogP contribution in [0.1, 0.15) is 29.6 Å². The molecule has 0 bridgehead atoms. The van der Waals surface area contributed by atoms with Crippen LogP contribution in [0.15, 0.2) is 24.4 Å². The molecule has 124 valence electrons. The molecule has 3 rings (SSSR count). The first kappa shape index (κ1) is 16.3.